The van der Waals surface area contributed by atoms with Crippen molar-refractivity contribution in [2.75, 3.05) is 78.5 Å². The first-order valence-electron chi connectivity index (χ1n) is 10.2. The van der Waals surface area contributed by atoms with Crippen LogP contribution >= 0.6 is 11.8 Å². The highest BCUT2D eigenvalue weighted by atomic mass is 32.2. The van der Waals surface area contributed by atoms with E-state index in [4.69, 9.17) is 14.5 Å². The van der Waals surface area contributed by atoms with Gasteiger partial charge in [0.1, 0.15) is 0 Å². The van der Waals surface area contributed by atoms with Crippen LogP contribution in [0.2, 0.25) is 0 Å². The Balaban J connectivity index is 1.55. The van der Waals surface area contributed by atoms with Gasteiger partial charge in [0.25, 0.3) is 0 Å². The van der Waals surface area contributed by atoms with Gasteiger partial charge in [0, 0.05) is 57.2 Å². The highest BCUT2D eigenvalue weighted by Gasteiger charge is 2.33. The van der Waals surface area contributed by atoms with Crippen molar-refractivity contribution in [3.8, 4) is 0 Å². The molecule has 1 unspecified atom stereocenters. The summed E-state index contributed by atoms with van der Waals surface area (Å²) in [5.74, 6) is 1.85. The number of guanidine groups is 1. The fourth-order valence-electron chi connectivity index (χ4n) is 4.14. The van der Waals surface area contributed by atoms with E-state index in [-0.39, 0.29) is 4.75 Å². The molecular weight excluding hydrogens is 348 g/mol. The largest absolute Gasteiger partial charge is 0.381 e. The van der Waals surface area contributed by atoms with Crippen molar-refractivity contribution >= 4 is 17.7 Å². The molecule has 150 valence electrons. The minimum atomic E-state index is 0.256. The summed E-state index contributed by atoms with van der Waals surface area (Å²) in [6, 6.07) is 0. The Kier molecular flexibility index (Phi) is 7.91. The van der Waals surface area contributed by atoms with E-state index in [1.54, 1.807) is 0 Å². The second kappa shape index (κ2) is 10.2. The number of nitrogens with one attached hydrogen (secondary N) is 1. The van der Waals surface area contributed by atoms with E-state index in [0.717, 1.165) is 90.4 Å². The first-order chi connectivity index (χ1) is 12.7. The summed E-state index contributed by atoms with van der Waals surface area (Å²) < 4.78 is 11.3. The maximum Gasteiger partial charge on any atom is 0.193 e. The molecule has 26 heavy (non-hydrogen) atoms. The molecule has 0 bridgehead atoms. The Morgan fingerprint density at radius 3 is 2.58 bits per heavy atom. The molecule has 1 atom stereocenters. The van der Waals surface area contributed by atoms with Gasteiger partial charge < -0.3 is 19.7 Å². The van der Waals surface area contributed by atoms with Crippen LogP contribution in [-0.2, 0) is 9.47 Å². The SMILES string of the molecule is CCNC(=NCC1(SC)CCOCC1)N1CCC(CN2CCOCC2)C1. The van der Waals surface area contributed by atoms with Gasteiger partial charge in [0.05, 0.1) is 19.8 Å². The van der Waals surface area contributed by atoms with Crippen molar-refractivity contribution in [1.82, 2.24) is 15.1 Å². The van der Waals surface area contributed by atoms with Crippen LogP contribution in [0.5, 0.6) is 0 Å². The van der Waals surface area contributed by atoms with Crippen LogP contribution in [0.4, 0.5) is 0 Å². The second-order valence-corrected chi connectivity index (χ2v) is 8.96. The van der Waals surface area contributed by atoms with Crippen LogP contribution in [0.3, 0.4) is 0 Å². The van der Waals surface area contributed by atoms with Crippen molar-refractivity contribution in [2.24, 2.45) is 10.9 Å². The van der Waals surface area contributed by atoms with Gasteiger partial charge >= 0.3 is 0 Å². The Labute approximate surface area is 163 Å². The molecule has 3 fully saturated rings. The molecule has 0 amide bonds. The Bertz CT molecular complexity index is 451. The summed E-state index contributed by atoms with van der Waals surface area (Å²) in [7, 11) is 0. The first-order valence-corrected chi connectivity index (χ1v) is 11.4. The van der Waals surface area contributed by atoms with Gasteiger partial charge in [-0.2, -0.15) is 11.8 Å². The predicted molar refractivity (Wildman–Crippen MR) is 109 cm³/mol. The Morgan fingerprint density at radius 1 is 1.15 bits per heavy atom. The molecule has 1 N–H and O–H groups in total. The zero-order valence-corrected chi connectivity index (χ0v) is 17.4. The summed E-state index contributed by atoms with van der Waals surface area (Å²) in [5.41, 5.74) is 0. The number of aliphatic imine (C=N–C) groups is 1. The monoisotopic (exact) mass is 384 g/mol. The molecule has 3 saturated heterocycles. The zero-order chi connectivity index (χ0) is 18.2. The molecule has 0 aromatic rings. The summed E-state index contributed by atoms with van der Waals surface area (Å²) in [5, 5.41) is 3.53. The van der Waals surface area contributed by atoms with Crippen molar-refractivity contribution < 1.29 is 9.47 Å². The Hall–Kier alpha value is -0.500. The molecule has 7 heteroatoms. The lowest BCUT2D eigenvalue weighted by molar-refractivity contribution is 0.0315. The van der Waals surface area contributed by atoms with Gasteiger partial charge in [-0.05, 0) is 38.4 Å². The number of hydrogen-bond acceptors (Lipinski definition) is 5. The lowest BCUT2D eigenvalue weighted by Crippen LogP contribution is -2.43. The molecule has 3 rings (SSSR count). The van der Waals surface area contributed by atoms with Gasteiger partial charge in [-0.1, -0.05) is 0 Å². The van der Waals surface area contributed by atoms with E-state index in [1.807, 2.05) is 11.8 Å². The van der Waals surface area contributed by atoms with E-state index in [1.165, 1.54) is 13.0 Å². The quantitative estimate of drug-likeness (QED) is 0.553. The highest BCUT2D eigenvalue weighted by Crippen LogP contribution is 2.34. The molecule has 3 heterocycles. The summed E-state index contributed by atoms with van der Waals surface area (Å²) in [4.78, 5) is 10.1. The third-order valence-corrected chi connectivity index (χ3v) is 7.30. The summed E-state index contributed by atoms with van der Waals surface area (Å²) >= 11 is 1.97. The molecule has 6 nitrogen and oxygen atoms in total. The normalized spacial score (nSPS) is 27.7. The third-order valence-electron chi connectivity index (χ3n) is 5.89. The van der Waals surface area contributed by atoms with Gasteiger partial charge in [-0.15, -0.1) is 0 Å². The molecular formula is C19H36N4O2S. The fraction of sp³-hybridized carbons (Fsp3) is 0.947. The van der Waals surface area contributed by atoms with Gasteiger partial charge in [-0.3, -0.25) is 9.89 Å². The topological polar surface area (TPSA) is 49.3 Å². The van der Waals surface area contributed by atoms with Gasteiger partial charge in [0.2, 0.25) is 0 Å². The van der Waals surface area contributed by atoms with E-state index in [0.29, 0.717) is 0 Å². The maximum absolute atomic E-state index is 5.57. The zero-order valence-electron chi connectivity index (χ0n) is 16.5. The van der Waals surface area contributed by atoms with Gasteiger partial charge in [0.15, 0.2) is 5.96 Å². The van der Waals surface area contributed by atoms with Crippen LogP contribution in [-0.4, -0.2) is 99.0 Å². The number of rotatable bonds is 6. The van der Waals surface area contributed by atoms with E-state index >= 15 is 0 Å². The molecule has 3 aliphatic rings. The van der Waals surface area contributed by atoms with Gasteiger partial charge in [-0.25, -0.2) is 0 Å². The lowest BCUT2D eigenvalue weighted by Gasteiger charge is -2.35. The van der Waals surface area contributed by atoms with Crippen molar-refractivity contribution in [1.29, 1.82) is 0 Å². The van der Waals surface area contributed by atoms with Crippen molar-refractivity contribution in [3.05, 3.63) is 0 Å². The van der Waals surface area contributed by atoms with E-state index in [9.17, 15) is 0 Å². The lowest BCUT2D eigenvalue weighted by atomic mass is 9.99. The number of hydrogen-bond donors (Lipinski definition) is 1. The summed E-state index contributed by atoms with van der Waals surface area (Å²) in [6.07, 6.45) is 5.71. The standard InChI is InChI=1S/C19H36N4O2S/c1-3-20-18(21-16-19(26-2)5-10-24-11-6-19)23-7-4-17(15-23)14-22-8-12-25-13-9-22/h17H,3-16H2,1-2H3,(H,20,21). The van der Waals surface area contributed by atoms with Crippen LogP contribution in [0.15, 0.2) is 4.99 Å². The molecule has 0 saturated carbocycles. The minimum Gasteiger partial charge on any atom is -0.381 e. The molecule has 0 radical (unpaired) electrons. The minimum absolute atomic E-state index is 0.256. The molecule has 3 aliphatic heterocycles. The first kappa shape index (κ1) is 20.2. The predicted octanol–water partition coefficient (Wildman–Crippen LogP) is 1.52. The van der Waals surface area contributed by atoms with E-state index in [2.05, 4.69) is 28.3 Å². The fourth-order valence-corrected chi connectivity index (χ4v) is 4.91. The van der Waals surface area contributed by atoms with Crippen LogP contribution < -0.4 is 5.32 Å². The number of morpholine rings is 1. The highest BCUT2D eigenvalue weighted by molar-refractivity contribution is 8.00. The molecule has 0 aliphatic carbocycles. The maximum atomic E-state index is 5.57. The third kappa shape index (κ3) is 5.50. The smallest absolute Gasteiger partial charge is 0.193 e. The number of likely N-dealkylation sites (tertiary alicyclic amines) is 1. The number of thioether (sulfide) groups is 1. The van der Waals surface area contributed by atoms with Crippen LogP contribution in [0.25, 0.3) is 0 Å². The average molecular weight is 385 g/mol. The van der Waals surface area contributed by atoms with Crippen molar-refractivity contribution in [2.45, 2.75) is 30.9 Å². The van der Waals surface area contributed by atoms with E-state index < -0.39 is 0 Å². The number of ether oxygens (including phenoxy) is 2. The van der Waals surface area contributed by atoms with Crippen LogP contribution in [0.1, 0.15) is 26.2 Å². The average Bonchev–Trinajstić information content (AvgIpc) is 3.15. The van der Waals surface area contributed by atoms with Crippen LogP contribution in [0, 0.1) is 5.92 Å². The molecule has 0 aromatic carbocycles. The Morgan fingerprint density at radius 2 is 1.88 bits per heavy atom. The van der Waals surface area contributed by atoms with Crippen molar-refractivity contribution in [3.63, 3.8) is 0 Å². The molecule has 0 spiro atoms. The number of nitrogens with zero attached hydrogens (tertiary/aromatic N) is 3. The summed E-state index contributed by atoms with van der Waals surface area (Å²) in [6.45, 7) is 13.1. The second-order valence-electron chi connectivity index (χ2n) is 7.68. The molecule has 0 aromatic heterocycles.